The third-order valence-electron chi connectivity index (χ3n) is 3.34. The second-order valence-corrected chi connectivity index (χ2v) is 6.85. The lowest BCUT2D eigenvalue weighted by Crippen LogP contribution is -2.52. The molecule has 1 aromatic heterocycles. The molecule has 0 unspecified atom stereocenters. The number of carbonyl (C=O) groups excluding carboxylic acids is 1. The summed E-state index contributed by atoms with van der Waals surface area (Å²) in [5.74, 6) is 0.437. The number of amides is 1. The topological polar surface area (TPSA) is 47.4 Å². The van der Waals surface area contributed by atoms with E-state index in [9.17, 15) is 4.79 Å². The minimum absolute atomic E-state index is 0.233. The van der Waals surface area contributed by atoms with Crippen molar-refractivity contribution in [3.63, 3.8) is 0 Å². The minimum Gasteiger partial charge on any atom is -0.444 e. The third-order valence-corrected chi connectivity index (χ3v) is 3.34. The van der Waals surface area contributed by atoms with Crippen molar-refractivity contribution in [2.24, 2.45) is 0 Å². The average Bonchev–Trinajstić information content (AvgIpc) is 2.69. The lowest BCUT2D eigenvalue weighted by atomic mass is 10.1. The maximum atomic E-state index is 11.9. The van der Waals surface area contributed by atoms with E-state index >= 15 is 0 Å². The van der Waals surface area contributed by atoms with E-state index in [1.54, 1.807) is 4.90 Å². The molecule has 1 fully saturated rings. The van der Waals surface area contributed by atoms with Gasteiger partial charge in [-0.3, -0.25) is 4.68 Å². The van der Waals surface area contributed by atoms with Crippen LogP contribution in [0.5, 0.6) is 0 Å². The quantitative estimate of drug-likeness (QED) is 0.825. The zero-order valence-corrected chi connectivity index (χ0v) is 15.3. The number of ether oxygens (including phenoxy) is 1. The Hall–Kier alpha value is -1.52. The van der Waals surface area contributed by atoms with Crippen LogP contribution in [0.2, 0.25) is 0 Å². The zero-order chi connectivity index (χ0) is 17.1. The van der Waals surface area contributed by atoms with Crippen molar-refractivity contribution in [3.8, 4) is 0 Å². The fraction of sp³-hybridized carbons (Fsp3) is 0.765. The molecule has 22 heavy (non-hydrogen) atoms. The molecule has 5 heteroatoms. The third kappa shape index (κ3) is 4.49. The van der Waals surface area contributed by atoms with Crippen LogP contribution in [0, 0.1) is 6.92 Å². The maximum Gasteiger partial charge on any atom is 0.410 e. The van der Waals surface area contributed by atoms with Gasteiger partial charge in [-0.05, 0) is 39.7 Å². The first-order chi connectivity index (χ1) is 10.2. The Kier molecular flexibility index (Phi) is 6.03. The molecule has 0 aromatic carbocycles. The summed E-state index contributed by atoms with van der Waals surface area (Å²) < 4.78 is 7.44. The van der Waals surface area contributed by atoms with Gasteiger partial charge in [0.15, 0.2) is 0 Å². The van der Waals surface area contributed by atoms with Crippen LogP contribution in [0.15, 0.2) is 6.07 Å². The smallest absolute Gasteiger partial charge is 0.410 e. The standard InChI is InChI=1S/C15H25N3O2.C2H6/c1-10(2)13-7-11(3)16-18(13)12-8-17(9-12)14(19)20-15(4,5)6;1-2/h7,10,12H,8-9H2,1-6H3;1-2H3. The largest absolute Gasteiger partial charge is 0.444 e. The highest BCUT2D eigenvalue weighted by atomic mass is 16.6. The van der Waals surface area contributed by atoms with Gasteiger partial charge in [0.25, 0.3) is 0 Å². The molecule has 1 aliphatic heterocycles. The van der Waals surface area contributed by atoms with E-state index in [0.29, 0.717) is 19.0 Å². The van der Waals surface area contributed by atoms with Crippen LogP contribution in [0.3, 0.4) is 0 Å². The molecule has 5 nitrogen and oxygen atoms in total. The summed E-state index contributed by atoms with van der Waals surface area (Å²) in [6, 6.07) is 2.40. The van der Waals surface area contributed by atoms with E-state index in [1.165, 1.54) is 5.69 Å². The zero-order valence-electron chi connectivity index (χ0n) is 15.3. The molecular formula is C17H31N3O2. The van der Waals surface area contributed by atoms with E-state index in [4.69, 9.17) is 4.74 Å². The highest BCUT2D eigenvalue weighted by molar-refractivity contribution is 5.69. The lowest BCUT2D eigenvalue weighted by Gasteiger charge is -2.40. The van der Waals surface area contributed by atoms with Crippen molar-refractivity contribution in [1.29, 1.82) is 0 Å². The summed E-state index contributed by atoms with van der Waals surface area (Å²) in [5, 5.41) is 4.56. The molecular weight excluding hydrogens is 278 g/mol. The monoisotopic (exact) mass is 309 g/mol. The molecule has 1 aliphatic rings. The van der Waals surface area contributed by atoms with E-state index in [-0.39, 0.29) is 12.1 Å². The number of nitrogens with zero attached hydrogens (tertiary/aromatic N) is 3. The van der Waals surface area contributed by atoms with Gasteiger partial charge < -0.3 is 9.64 Å². The van der Waals surface area contributed by atoms with Crippen molar-refractivity contribution < 1.29 is 9.53 Å². The number of hydrogen-bond donors (Lipinski definition) is 0. The van der Waals surface area contributed by atoms with Gasteiger partial charge in [-0.1, -0.05) is 27.7 Å². The lowest BCUT2D eigenvalue weighted by molar-refractivity contribution is -0.000846. The van der Waals surface area contributed by atoms with E-state index in [1.807, 2.05) is 41.5 Å². The molecule has 0 radical (unpaired) electrons. The molecule has 2 heterocycles. The molecule has 1 saturated heterocycles. The van der Waals surface area contributed by atoms with E-state index < -0.39 is 5.60 Å². The van der Waals surface area contributed by atoms with Gasteiger partial charge in [0, 0.05) is 18.8 Å². The van der Waals surface area contributed by atoms with Gasteiger partial charge in [-0.25, -0.2) is 4.79 Å². The summed E-state index contributed by atoms with van der Waals surface area (Å²) in [4.78, 5) is 13.6. The van der Waals surface area contributed by atoms with Crippen LogP contribution < -0.4 is 0 Å². The van der Waals surface area contributed by atoms with Crippen molar-refractivity contribution in [2.75, 3.05) is 13.1 Å². The summed E-state index contributed by atoms with van der Waals surface area (Å²) in [6.45, 7) is 17.3. The van der Waals surface area contributed by atoms with Gasteiger partial charge in [0.1, 0.15) is 5.60 Å². The first-order valence-electron chi connectivity index (χ1n) is 8.21. The molecule has 0 aliphatic carbocycles. The summed E-state index contributed by atoms with van der Waals surface area (Å²) >= 11 is 0. The van der Waals surface area contributed by atoms with Crippen LogP contribution in [0.25, 0.3) is 0 Å². The van der Waals surface area contributed by atoms with Crippen LogP contribution >= 0.6 is 0 Å². The predicted octanol–water partition coefficient (Wildman–Crippen LogP) is 4.13. The van der Waals surface area contributed by atoms with Crippen LogP contribution in [-0.2, 0) is 4.74 Å². The Morgan fingerprint density at radius 3 is 2.32 bits per heavy atom. The molecule has 0 saturated carbocycles. The summed E-state index contributed by atoms with van der Waals surface area (Å²) in [5.41, 5.74) is 1.83. The Morgan fingerprint density at radius 1 is 1.32 bits per heavy atom. The number of hydrogen-bond acceptors (Lipinski definition) is 3. The molecule has 126 valence electrons. The van der Waals surface area contributed by atoms with Crippen molar-refractivity contribution in [2.45, 2.75) is 73.0 Å². The number of likely N-dealkylation sites (tertiary alicyclic amines) is 1. The van der Waals surface area contributed by atoms with Crippen molar-refractivity contribution >= 4 is 6.09 Å². The fourth-order valence-electron chi connectivity index (χ4n) is 2.35. The van der Waals surface area contributed by atoms with Crippen LogP contribution in [0.1, 0.15) is 71.8 Å². The molecule has 0 N–H and O–H groups in total. The Balaban J connectivity index is 0.00000116. The highest BCUT2D eigenvalue weighted by Crippen LogP contribution is 2.27. The molecule has 0 bridgehead atoms. The van der Waals surface area contributed by atoms with Gasteiger partial charge in [0.2, 0.25) is 0 Å². The normalized spacial score (nSPS) is 15.2. The molecule has 2 rings (SSSR count). The van der Waals surface area contributed by atoms with Gasteiger partial charge in [-0.15, -0.1) is 0 Å². The minimum atomic E-state index is -0.437. The number of aromatic nitrogens is 2. The average molecular weight is 309 g/mol. The van der Waals surface area contributed by atoms with Crippen molar-refractivity contribution in [3.05, 3.63) is 17.5 Å². The second kappa shape index (κ2) is 7.16. The van der Waals surface area contributed by atoms with Crippen LogP contribution in [-0.4, -0.2) is 39.5 Å². The molecule has 0 spiro atoms. The number of carbonyl (C=O) groups is 1. The fourth-order valence-corrected chi connectivity index (χ4v) is 2.35. The number of rotatable bonds is 2. The first kappa shape index (κ1) is 18.5. The highest BCUT2D eigenvalue weighted by Gasteiger charge is 2.36. The summed E-state index contributed by atoms with van der Waals surface area (Å²) in [7, 11) is 0. The van der Waals surface area contributed by atoms with Gasteiger partial charge in [0.05, 0.1) is 11.7 Å². The molecule has 0 atom stereocenters. The Morgan fingerprint density at radius 2 is 1.86 bits per heavy atom. The second-order valence-electron chi connectivity index (χ2n) is 6.85. The summed E-state index contributed by atoms with van der Waals surface area (Å²) in [6.07, 6.45) is -0.233. The Labute approximate surface area is 134 Å². The van der Waals surface area contributed by atoms with Crippen LogP contribution in [0.4, 0.5) is 4.79 Å². The molecule has 1 aromatic rings. The SMILES string of the molecule is CC.Cc1cc(C(C)C)n(C2CN(C(=O)OC(C)(C)C)C2)n1. The Bertz CT molecular complexity index is 494. The van der Waals surface area contributed by atoms with E-state index in [2.05, 4.69) is 29.7 Å². The molecule has 1 amide bonds. The first-order valence-corrected chi connectivity index (χ1v) is 8.21. The van der Waals surface area contributed by atoms with Gasteiger partial charge in [-0.2, -0.15) is 5.10 Å². The van der Waals surface area contributed by atoms with E-state index in [0.717, 1.165) is 5.69 Å². The van der Waals surface area contributed by atoms with Crippen molar-refractivity contribution in [1.82, 2.24) is 14.7 Å². The number of aryl methyl sites for hydroxylation is 1. The van der Waals surface area contributed by atoms with Gasteiger partial charge >= 0.3 is 6.09 Å². The predicted molar refractivity (Wildman–Crippen MR) is 89.2 cm³/mol. The maximum absolute atomic E-state index is 11.9.